The van der Waals surface area contributed by atoms with Crippen LogP contribution in [0.2, 0.25) is 10.0 Å². The van der Waals surface area contributed by atoms with E-state index in [4.69, 9.17) is 23.2 Å². The van der Waals surface area contributed by atoms with Crippen LogP contribution in [0.4, 0.5) is 19.6 Å². The molecule has 0 amide bonds. The fourth-order valence-electron chi connectivity index (χ4n) is 1.87. The maximum atomic E-state index is 13.3. The molecule has 22 heavy (non-hydrogen) atoms. The van der Waals surface area contributed by atoms with Crippen LogP contribution in [0.5, 0.6) is 0 Å². The van der Waals surface area contributed by atoms with Crippen molar-refractivity contribution in [3.63, 3.8) is 0 Å². The van der Waals surface area contributed by atoms with Gasteiger partial charge in [-0.2, -0.15) is 0 Å². The van der Waals surface area contributed by atoms with E-state index in [0.717, 1.165) is 12.1 Å². The number of nitrogens with zero attached hydrogens (tertiary/aromatic N) is 1. The minimum absolute atomic E-state index is 0.507. The molecule has 112 valence electrons. The highest BCUT2D eigenvalue weighted by Gasteiger charge is 2.09. The minimum atomic E-state index is -0.901. The third-order valence-electron chi connectivity index (χ3n) is 2.83. The highest BCUT2D eigenvalue weighted by atomic mass is 35.5. The Morgan fingerprint density at radius 3 is 2.36 bits per heavy atom. The second kappa shape index (κ2) is 6.20. The summed E-state index contributed by atoms with van der Waals surface area (Å²) in [6.07, 6.45) is 0. The molecule has 0 bridgehead atoms. The van der Waals surface area contributed by atoms with Gasteiger partial charge in [-0.3, -0.25) is 0 Å². The van der Waals surface area contributed by atoms with Crippen molar-refractivity contribution in [2.75, 3.05) is 5.32 Å². The number of halogens is 4. The van der Waals surface area contributed by atoms with Gasteiger partial charge in [0, 0.05) is 26.7 Å². The lowest BCUT2D eigenvalue weighted by Gasteiger charge is -2.04. The average molecular weight is 357 g/mol. The third-order valence-corrected chi connectivity index (χ3v) is 4.03. The first-order valence-electron chi connectivity index (χ1n) is 6.15. The van der Waals surface area contributed by atoms with Crippen LogP contribution in [0.15, 0.2) is 41.8 Å². The Balaban J connectivity index is 1.85. The van der Waals surface area contributed by atoms with Crippen LogP contribution < -0.4 is 5.32 Å². The Morgan fingerprint density at radius 2 is 1.68 bits per heavy atom. The van der Waals surface area contributed by atoms with Gasteiger partial charge in [0.05, 0.1) is 5.69 Å². The number of rotatable bonds is 3. The topological polar surface area (TPSA) is 24.9 Å². The zero-order valence-electron chi connectivity index (χ0n) is 10.9. The Morgan fingerprint density at radius 1 is 0.955 bits per heavy atom. The van der Waals surface area contributed by atoms with Gasteiger partial charge in [0.2, 0.25) is 0 Å². The summed E-state index contributed by atoms with van der Waals surface area (Å²) in [7, 11) is 0. The molecule has 0 aliphatic carbocycles. The normalized spacial score (nSPS) is 10.7. The van der Waals surface area contributed by atoms with Crippen LogP contribution in [0, 0.1) is 11.6 Å². The first kappa shape index (κ1) is 15.2. The van der Waals surface area contributed by atoms with Gasteiger partial charge in [0.1, 0.15) is 0 Å². The summed E-state index contributed by atoms with van der Waals surface area (Å²) in [5.41, 5.74) is 1.76. The van der Waals surface area contributed by atoms with Gasteiger partial charge < -0.3 is 5.32 Å². The van der Waals surface area contributed by atoms with Crippen molar-refractivity contribution in [1.82, 2.24) is 4.98 Å². The molecule has 3 aromatic rings. The number of anilines is 2. The lowest BCUT2D eigenvalue weighted by atomic mass is 10.2. The Hall–Kier alpha value is -1.69. The maximum absolute atomic E-state index is 13.3. The highest BCUT2D eigenvalue weighted by molar-refractivity contribution is 7.14. The highest BCUT2D eigenvalue weighted by Crippen LogP contribution is 2.30. The lowest BCUT2D eigenvalue weighted by Crippen LogP contribution is -1.90. The summed E-state index contributed by atoms with van der Waals surface area (Å²) in [6, 6.07) is 8.73. The van der Waals surface area contributed by atoms with E-state index in [2.05, 4.69) is 10.3 Å². The number of aromatic nitrogens is 1. The van der Waals surface area contributed by atoms with Crippen molar-refractivity contribution < 1.29 is 8.78 Å². The second-order valence-electron chi connectivity index (χ2n) is 4.45. The average Bonchev–Trinajstić information content (AvgIpc) is 2.89. The van der Waals surface area contributed by atoms with Gasteiger partial charge in [-0.15, -0.1) is 11.3 Å². The van der Waals surface area contributed by atoms with Crippen molar-refractivity contribution in [3.05, 3.63) is 63.5 Å². The molecule has 2 aromatic carbocycles. The first-order valence-corrected chi connectivity index (χ1v) is 7.79. The van der Waals surface area contributed by atoms with Crippen LogP contribution >= 0.6 is 34.5 Å². The molecule has 0 saturated carbocycles. The van der Waals surface area contributed by atoms with Gasteiger partial charge in [0.25, 0.3) is 0 Å². The largest absolute Gasteiger partial charge is 0.331 e. The second-order valence-corrected chi connectivity index (χ2v) is 6.18. The molecule has 1 aromatic heterocycles. The Labute approximate surface area is 139 Å². The summed E-state index contributed by atoms with van der Waals surface area (Å²) in [5, 5.41) is 6.43. The molecule has 1 heterocycles. The van der Waals surface area contributed by atoms with Crippen molar-refractivity contribution in [2.45, 2.75) is 0 Å². The van der Waals surface area contributed by atoms with Gasteiger partial charge in [0.15, 0.2) is 16.8 Å². The van der Waals surface area contributed by atoms with Crippen LogP contribution in [0.3, 0.4) is 0 Å². The number of benzene rings is 2. The molecule has 0 saturated heterocycles. The molecule has 0 fully saturated rings. The van der Waals surface area contributed by atoms with E-state index in [1.54, 1.807) is 23.6 Å². The van der Waals surface area contributed by atoms with Gasteiger partial charge >= 0.3 is 0 Å². The first-order chi connectivity index (χ1) is 10.5. The number of nitrogens with one attached hydrogen (secondary N) is 1. The molecule has 2 nitrogen and oxygen atoms in total. The molecule has 0 radical (unpaired) electrons. The molecule has 1 N–H and O–H groups in total. The van der Waals surface area contributed by atoms with E-state index in [1.165, 1.54) is 17.4 Å². The van der Waals surface area contributed by atoms with E-state index < -0.39 is 11.6 Å². The van der Waals surface area contributed by atoms with Crippen LogP contribution in [0.1, 0.15) is 0 Å². The number of hydrogen-bond donors (Lipinski definition) is 1. The summed E-state index contributed by atoms with van der Waals surface area (Å²) in [6.45, 7) is 0. The van der Waals surface area contributed by atoms with Crippen LogP contribution in [0.25, 0.3) is 11.3 Å². The predicted molar refractivity (Wildman–Crippen MR) is 87.2 cm³/mol. The molecular formula is C15H8Cl2F2N2S. The van der Waals surface area contributed by atoms with Crippen LogP contribution in [-0.2, 0) is 0 Å². The molecule has 0 aliphatic heterocycles. The number of hydrogen-bond acceptors (Lipinski definition) is 3. The van der Waals surface area contributed by atoms with E-state index in [0.29, 0.717) is 32.1 Å². The van der Waals surface area contributed by atoms with Gasteiger partial charge in [-0.1, -0.05) is 23.2 Å². The smallest absolute Gasteiger partial charge is 0.187 e. The minimum Gasteiger partial charge on any atom is -0.331 e. The monoisotopic (exact) mass is 356 g/mol. The molecule has 7 heteroatoms. The fraction of sp³-hybridized carbons (Fsp3) is 0. The zero-order chi connectivity index (χ0) is 15.7. The zero-order valence-corrected chi connectivity index (χ0v) is 13.2. The van der Waals surface area contributed by atoms with E-state index in [1.807, 2.05) is 0 Å². The summed E-state index contributed by atoms with van der Waals surface area (Å²) < 4.78 is 26.2. The molecular weight excluding hydrogens is 349 g/mol. The SMILES string of the molecule is Fc1ccc(-c2csc(Nc3cc(Cl)cc(Cl)c3)n2)cc1F. The van der Waals surface area contributed by atoms with Crippen molar-refractivity contribution in [2.24, 2.45) is 0 Å². The van der Waals surface area contributed by atoms with Gasteiger partial charge in [-0.05, 0) is 36.4 Å². The summed E-state index contributed by atoms with van der Waals surface area (Å²) in [4.78, 5) is 4.34. The molecule has 0 unspecified atom stereocenters. The number of thiazole rings is 1. The molecule has 3 rings (SSSR count). The van der Waals surface area contributed by atoms with E-state index in [9.17, 15) is 8.78 Å². The molecule has 0 aliphatic rings. The third kappa shape index (κ3) is 3.38. The van der Waals surface area contributed by atoms with Crippen molar-refractivity contribution >= 4 is 45.4 Å². The lowest BCUT2D eigenvalue weighted by molar-refractivity contribution is 0.509. The van der Waals surface area contributed by atoms with Crippen molar-refractivity contribution in [3.8, 4) is 11.3 Å². The summed E-state index contributed by atoms with van der Waals surface area (Å²) >= 11 is 13.2. The Kier molecular flexibility index (Phi) is 4.29. The van der Waals surface area contributed by atoms with Crippen LogP contribution in [-0.4, -0.2) is 4.98 Å². The van der Waals surface area contributed by atoms with Gasteiger partial charge in [-0.25, -0.2) is 13.8 Å². The standard InChI is InChI=1S/C15H8Cl2F2N2S/c16-9-4-10(17)6-11(5-9)20-15-21-14(7-22-15)8-1-2-12(18)13(19)3-8/h1-7H,(H,20,21). The predicted octanol–water partition coefficient (Wildman–Crippen LogP) is 6.14. The Bertz CT molecular complexity index is 816. The summed E-state index contributed by atoms with van der Waals surface area (Å²) in [5.74, 6) is -1.78. The quantitative estimate of drug-likeness (QED) is 0.609. The fourth-order valence-corrected chi connectivity index (χ4v) is 3.13. The maximum Gasteiger partial charge on any atom is 0.187 e. The van der Waals surface area contributed by atoms with E-state index in [-0.39, 0.29) is 0 Å². The van der Waals surface area contributed by atoms with E-state index >= 15 is 0 Å². The van der Waals surface area contributed by atoms with Crippen molar-refractivity contribution in [1.29, 1.82) is 0 Å². The molecule has 0 atom stereocenters. The molecule has 0 spiro atoms.